The molecule has 4 rings (SSSR count). The Hall–Kier alpha value is -2.42. The molecule has 0 spiro atoms. The van der Waals surface area contributed by atoms with E-state index in [1.165, 1.54) is 4.90 Å². The van der Waals surface area contributed by atoms with Crippen molar-refractivity contribution in [3.63, 3.8) is 0 Å². The molecule has 0 aromatic heterocycles. The first kappa shape index (κ1) is 19.9. The second-order valence-corrected chi connectivity index (χ2v) is 10.4. The first-order chi connectivity index (χ1) is 13.7. The molecule has 2 heterocycles. The number of imide groups is 1. The fourth-order valence-electron chi connectivity index (χ4n) is 4.18. The van der Waals surface area contributed by atoms with Crippen LogP contribution in [0, 0.1) is 6.92 Å². The lowest BCUT2D eigenvalue weighted by molar-refractivity contribution is -0.139. The van der Waals surface area contributed by atoms with Gasteiger partial charge in [0.05, 0.1) is 11.5 Å². The summed E-state index contributed by atoms with van der Waals surface area (Å²) in [7, 11) is -3.14. The van der Waals surface area contributed by atoms with Gasteiger partial charge in [0.15, 0.2) is 9.84 Å². The summed E-state index contributed by atoms with van der Waals surface area (Å²) in [5.41, 5.74) is 1.65. The van der Waals surface area contributed by atoms with Crippen LogP contribution in [0.2, 0.25) is 0 Å². The van der Waals surface area contributed by atoms with Crippen LogP contribution >= 0.6 is 0 Å². The van der Waals surface area contributed by atoms with Crippen LogP contribution in [-0.2, 0) is 19.4 Å². The second-order valence-electron chi connectivity index (χ2n) is 8.18. The molecule has 1 aromatic carbocycles. The summed E-state index contributed by atoms with van der Waals surface area (Å²) in [5, 5.41) is 0. The largest absolute Gasteiger partial charge is 0.334 e. The summed E-state index contributed by atoms with van der Waals surface area (Å²) < 4.78 is 23.7. The number of aryl methyl sites for hydroxylation is 1. The SMILES string of the molecule is Cc1ccc(N2C(=O)N(CC(=O)N(C3CC3)[C@H]3CCS(=O)(=O)C3)C(=O)[C@H]2C)cc1. The summed E-state index contributed by atoms with van der Waals surface area (Å²) in [5.74, 6) is -0.732. The lowest BCUT2D eigenvalue weighted by Gasteiger charge is -2.29. The molecule has 2 aliphatic heterocycles. The molecule has 29 heavy (non-hydrogen) atoms. The van der Waals surface area contributed by atoms with E-state index in [9.17, 15) is 22.8 Å². The molecule has 4 amide bonds. The van der Waals surface area contributed by atoms with Crippen LogP contribution in [0.25, 0.3) is 0 Å². The highest BCUT2D eigenvalue weighted by atomic mass is 32.2. The summed E-state index contributed by atoms with van der Waals surface area (Å²) in [4.78, 5) is 42.7. The average molecular weight is 420 g/mol. The summed E-state index contributed by atoms with van der Waals surface area (Å²) in [6.45, 7) is 3.23. The third-order valence-corrected chi connectivity index (χ3v) is 7.63. The third kappa shape index (κ3) is 3.75. The normalized spacial score (nSPS) is 26.3. The number of amides is 4. The van der Waals surface area contributed by atoms with E-state index < -0.39 is 27.8 Å². The molecule has 3 aliphatic rings. The Morgan fingerprint density at radius 1 is 1.10 bits per heavy atom. The fraction of sp³-hybridized carbons (Fsp3) is 0.550. The van der Waals surface area contributed by atoms with Gasteiger partial charge in [-0.3, -0.25) is 19.4 Å². The number of carbonyl (C=O) groups excluding carboxylic acids is 3. The first-order valence-corrected chi connectivity index (χ1v) is 11.7. The van der Waals surface area contributed by atoms with Crippen molar-refractivity contribution in [2.75, 3.05) is 23.0 Å². The van der Waals surface area contributed by atoms with Gasteiger partial charge in [-0.15, -0.1) is 0 Å². The number of hydrogen-bond acceptors (Lipinski definition) is 5. The molecular weight excluding hydrogens is 394 g/mol. The number of carbonyl (C=O) groups is 3. The topological polar surface area (TPSA) is 95.1 Å². The van der Waals surface area contributed by atoms with Crippen molar-refractivity contribution in [2.24, 2.45) is 0 Å². The Kier molecular flexibility index (Phi) is 4.88. The van der Waals surface area contributed by atoms with Crippen LogP contribution < -0.4 is 4.90 Å². The quantitative estimate of drug-likeness (QED) is 0.671. The van der Waals surface area contributed by atoms with E-state index in [-0.39, 0.29) is 36.0 Å². The van der Waals surface area contributed by atoms with Crippen LogP contribution in [0.4, 0.5) is 10.5 Å². The summed E-state index contributed by atoms with van der Waals surface area (Å²) in [6, 6.07) is 5.72. The van der Waals surface area contributed by atoms with Gasteiger partial charge in [-0.2, -0.15) is 0 Å². The minimum atomic E-state index is -3.14. The van der Waals surface area contributed by atoms with Gasteiger partial charge < -0.3 is 4.90 Å². The molecule has 8 nitrogen and oxygen atoms in total. The number of rotatable bonds is 5. The maximum Gasteiger partial charge on any atom is 0.332 e. The third-order valence-electron chi connectivity index (χ3n) is 5.88. The van der Waals surface area contributed by atoms with Crippen LogP contribution in [-0.4, -0.2) is 72.2 Å². The molecule has 2 atom stereocenters. The summed E-state index contributed by atoms with van der Waals surface area (Å²) >= 11 is 0. The van der Waals surface area contributed by atoms with Gasteiger partial charge in [0.1, 0.15) is 12.6 Å². The van der Waals surface area contributed by atoms with Crippen LogP contribution in [0.3, 0.4) is 0 Å². The van der Waals surface area contributed by atoms with Gasteiger partial charge >= 0.3 is 6.03 Å². The lowest BCUT2D eigenvalue weighted by atomic mass is 10.2. The molecule has 0 radical (unpaired) electrons. The summed E-state index contributed by atoms with van der Waals surface area (Å²) in [6.07, 6.45) is 2.07. The number of urea groups is 1. The van der Waals surface area contributed by atoms with Crippen LogP contribution in [0.5, 0.6) is 0 Å². The monoisotopic (exact) mass is 419 g/mol. The van der Waals surface area contributed by atoms with Crippen molar-refractivity contribution in [3.8, 4) is 0 Å². The fourth-order valence-corrected chi connectivity index (χ4v) is 5.89. The molecule has 0 bridgehead atoms. The highest BCUT2D eigenvalue weighted by molar-refractivity contribution is 7.91. The van der Waals surface area contributed by atoms with E-state index in [2.05, 4.69) is 0 Å². The average Bonchev–Trinajstić information content (AvgIpc) is 3.39. The molecule has 0 N–H and O–H groups in total. The number of anilines is 1. The predicted octanol–water partition coefficient (Wildman–Crippen LogP) is 1.33. The van der Waals surface area contributed by atoms with E-state index in [1.54, 1.807) is 24.0 Å². The van der Waals surface area contributed by atoms with Gasteiger partial charge in [0, 0.05) is 17.8 Å². The zero-order chi connectivity index (χ0) is 20.9. The van der Waals surface area contributed by atoms with E-state index in [1.807, 2.05) is 19.1 Å². The minimum Gasteiger partial charge on any atom is -0.334 e. The number of benzene rings is 1. The van der Waals surface area contributed by atoms with E-state index in [0.29, 0.717) is 12.1 Å². The van der Waals surface area contributed by atoms with Gasteiger partial charge in [-0.25, -0.2) is 13.2 Å². The van der Waals surface area contributed by atoms with Gasteiger partial charge in [0.2, 0.25) is 5.91 Å². The first-order valence-electron chi connectivity index (χ1n) is 9.91. The number of nitrogens with zero attached hydrogens (tertiary/aromatic N) is 3. The molecule has 1 saturated carbocycles. The van der Waals surface area contributed by atoms with Crippen molar-refractivity contribution in [3.05, 3.63) is 29.8 Å². The van der Waals surface area contributed by atoms with Crippen molar-refractivity contribution in [2.45, 2.75) is 51.2 Å². The minimum absolute atomic E-state index is 0.0132. The molecular formula is C20H25N3O5S. The maximum absolute atomic E-state index is 13.0. The zero-order valence-corrected chi connectivity index (χ0v) is 17.4. The van der Waals surface area contributed by atoms with Crippen molar-refractivity contribution in [1.82, 2.24) is 9.80 Å². The van der Waals surface area contributed by atoms with Crippen LogP contribution in [0.15, 0.2) is 24.3 Å². The van der Waals surface area contributed by atoms with Crippen molar-refractivity contribution < 1.29 is 22.8 Å². The Bertz CT molecular complexity index is 955. The second kappa shape index (κ2) is 7.12. The van der Waals surface area contributed by atoms with E-state index in [0.717, 1.165) is 23.3 Å². The Morgan fingerprint density at radius 3 is 2.31 bits per heavy atom. The Morgan fingerprint density at radius 2 is 1.76 bits per heavy atom. The Balaban J connectivity index is 1.52. The molecule has 9 heteroatoms. The molecule has 3 fully saturated rings. The highest BCUT2D eigenvalue weighted by Gasteiger charge is 2.47. The molecule has 1 aromatic rings. The lowest BCUT2D eigenvalue weighted by Crippen LogP contribution is -2.49. The molecule has 1 aliphatic carbocycles. The molecule has 2 saturated heterocycles. The molecule has 0 unspecified atom stereocenters. The molecule has 156 valence electrons. The van der Waals surface area contributed by atoms with Gasteiger partial charge in [-0.05, 0) is 45.2 Å². The van der Waals surface area contributed by atoms with E-state index >= 15 is 0 Å². The highest BCUT2D eigenvalue weighted by Crippen LogP contribution is 2.33. The Labute approximate surface area is 170 Å². The van der Waals surface area contributed by atoms with Crippen LogP contribution in [0.1, 0.15) is 31.7 Å². The maximum atomic E-state index is 13.0. The number of sulfone groups is 1. The standard InChI is InChI=1S/C20H25N3O5S/c1-13-3-5-15(6-4-13)22-14(2)19(25)21(20(22)26)11-18(24)23(16-7-8-16)17-9-10-29(27,28)12-17/h3-6,14,16-17H,7-12H2,1-2H3/t14-,17+/m1/s1. The van der Waals surface area contributed by atoms with Gasteiger partial charge in [-0.1, -0.05) is 17.7 Å². The van der Waals surface area contributed by atoms with Crippen molar-refractivity contribution >= 4 is 33.4 Å². The predicted molar refractivity (Wildman–Crippen MR) is 107 cm³/mol. The van der Waals surface area contributed by atoms with E-state index in [4.69, 9.17) is 0 Å². The van der Waals surface area contributed by atoms with Gasteiger partial charge in [0.25, 0.3) is 5.91 Å². The van der Waals surface area contributed by atoms with Crippen molar-refractivity contribution in [1.29, 1.82) is 0 Å². The zero-order valence-electron chi connectivity index (χ0n) is 16.6. The smallest absolute Gasteiger partial charge is 0.332 e. The number of hydrogen-bond donors (Lipinski definition) is 0.